The summed E-state index contributed by atoms with van der Waals surface area (Å²) in [5, 5.41) is 0.321. The fraction of sp³-hybridized carbons (Fsp3) is 1.00. The van der Waals surface area contributed by atoms with Gasteiger partial charge in [-0.1, -0.05) is 7.92 Å². The Kier molecular flexibility index (Phi) is 11.4. The molecule has 0 aliphatic rings. The molecule has 2 unspecified atom stereocenters. The summed E-state index contributed by atoms with van der Waals surface area (Å²) in [6, 6.07) is 0. The van der Waals surface area contributed by atoms with Crippen LogP contribution in [0.1, 0.15) is 12.8 Å². The Balaban J connectivity index is 0. The summed E-state index contributed by atoms with van der Waals surface area (Å²) in [5.41, 5.74) is 0.126. The van der Waals surface area contributed by atoms with Gasteiger partial charge >= 0.3 is 0 Å². The minimum atomic E-state index is -0.0233. The average Bonchev–Trinajstić information content (AvgIpc) is 1.98. The molecule has 0 bridgehead atoms. The van der Waals surface area contributed by atoms with Crippen molar-refractivity contribution in [3.63, 3.8) is 0 Å². The fourth-order valence-corrected chi connectivity index (χ4v) is 1.71. The number of rotatable bonds is 5. The summed E-state index contributed by atoms with van der Waals surface area (Å²) in [6.45, 7) is 4.40. The van der Waals surface area contributed by atoms with Gasteiger partial charge in [-0.2, -0.15) is 0 Å². The Bertz CT molecular complexity index is 111. The molecule has 2 atom stereocenters. The van der Waals surface area contributed by atoms with Crippen LogP contribution in [0.4, 0.5) is 0 Å². The third-order valence-corrected chi connectivity index (χ3v) is 5.14. The summed E-state index contributed by atoms with van der Waals surface area (Å²) < 4.78 is 0. The Labute approximate surface area is 103 Å². The van der Waals surface area contributed by atoms with Gasteiger partial charge in [0.05, 0.1) is 10.6 Å². The second kappa shape index (κ2) is 8.75. The van der Waals surface area contributed by atoms with Crippen molar-refractivity contribution in [2.45, 2.75) is 23.5 Å². The summed E-state index contributed by atoms with van der Waals surface area (Å²) in [5.74, 6) is 0. The summed E-state index contributed by atoms with van der Waals surface area (Å²) >= 11 is 12.2. The molecule has 0 amide bonds. The topological polar surface area (TPSA) is 3.24 Å². The van der Waals surface area contributed by atoms with Crippen LogP contribution in [0.2, 0.25) is 0 Å². The van der Waals surface area contributed by atoms with Crippen LogP contribution in [0.3, 0.4) is 0 Å². The van der Waals surface area contributed by atoms with Crippen LogP contribution in [0.5, 0.6) is 0 Å². The van der Waals surface area contributed by atoms with E-state index in [1.807, 2.05) is 19.0 Å². The van der Waals surface area contributed by atoms with Crippen molar-refractivity contribution in [2.75, 3.05) is 27.4 Å². The van der Waals surface area contributed by atoms with Gasteiger partial charge in [-0.05, 0) is 40.3 Å². The molecule has 0 aromatic heterocycles. The molecule has 84 valence electrons. The van der Waals surface area contributed by atoms with Crippen molar-refractivity contribution in [3.05, 3.63) is 0 Å². The molecule has 1 nitrogen and oxygen atoms in total. The van der Waals surface area contributed by atoms with Crippen molar-refractivity contribution < 1.29 is 16.5 Å². The number of nitrogens with zero attached hydrogens (tertiary/aromatic N) is 1. The number of alkyl halides is 2. The molecule has 0 aromatic carbocycles. The molecule has 0 aliphatic heterocycles. The minimum absolute atomic E-state index is 0. The van der Waals surface area contributed by atoms with Gasteiger partial charge in [0.25, 0.3) is 0 Å². The van der Waals surface area contributed by atoms with Crippen molar-refractivity contribution in [2.24, 2.45) is 0 Å². The van der Waals surface area contributed by atoms with Gasteiger partial charge < -0.3 is 0 Å². The third kappa shape index (κ3) is 8.46. The molecule has 0 heterocycles. The van der Waals surface area contributed by atoms with E-state index in [-0.39, 0.29) is 29.9 Å². The van der Waals surface area contributed by atoms with Crippen molar-refractivity contribution in [3.8, 4) is 0 Å². The number of halogens is 2. The molecule has 0 aromatic rings. The minimum Gasteiger partial charge on any atom is -0.294 e. The van der Waals surface area contributed by atoms with E-state index in [1.165, 1.54) is 0 Å². The van der Waals surface area contributed by atoms with Gasteiger partial charge in [0, 0.05) is 16.5 Å². The van der Waals surface area contributed by atoms with Gasteiger partial charge in [0.1, 0.15) is 0 Å². The molecule has 0 fully saturated rings. The monoisotopic (exact) mass is 287 g/mol. The molecule has 0 saturated heterocycles. The summed E-state index contributed by atoms with van der Waals surface area (Å²) in [6.07, 6.45) is 2.00. The Morgan fingerprint density at radius 1 is 1.15 bits per heavy atom. The van der Waals surface area contributed by atoms with E-state index in [1.54, 1.807) is 0 Å². The van der Waals surface area contributed by atoms with Crippen LogP contribution in [0, 0.1) is 0 Å². The molecule has 0 aliphatic carbocycles. The van der Waals surface area contributed by atoms with Gasteiger partial charge in [-0.3, -0.25) is 4.90 Å². The van der Waals surface area contributed by atoms with Crippen LogP contribution >= 0.6 is 31.1 Å². The van der Waals surface area contributed by atoms with E-state index in [9.17, 15) is 0 Å². The largest absolute Gasteiger partial charge is 0.294 e. The van der Waals surface area contributed by atoms with E-state index < -0.39 is 0 Å². The predicted octanol–water partition coefficient (Wildman–Crippen LogP) is 3.20. The van der Waals surface area contributed by atoms with Crippen molar-refractivity contribution >= 4 is 31.1 Å². The van der Waals surface area contributed by atoms with Gasteiger partial charge in [-0.15, -0.1) is 23.2 Å². The van der Waals surface area contributed by atoms with E-state index >= 15 is 0 Å². The molecule has 0 radical (unpaired) electrons. The van der Waals surface area contributed by atoms with Crippen LogP contribution in [-0.2, 0) is 16.5 Å². The van der Waals surface area contributed by atoms with E-state index in [2.05, 4.69) is 13.3 Å². The molecule has 5 heteroatoms. The van der Waals surface area contributed by atoms with Gasteiger partial charge in [0.15, 0.2) is 0 Å². The Morgan fingerprint density at radius 2 is 1.62 bits per heavy atom. The first-order chi connectivity index (χ1) is 5.45. The molecule has 13 heavy (non-hydrogen) atoms. The van der Waals surface area contributed by atoms with Crippen LogP contribution in [0.15, 0.2) is 0 Å². The van der Waals surface area contributed by atoms with Gasteiger partial charge in [-0.25, -0.2) is 0 Å². The zero-order valence-corrected chi connectivity index (χ0v) is 11.9. The van der Waals surface area contributed by atoms with E-state index in [0.29, 0.717) is 5.12 Å². The molecular formula is C8H18Cl2NNiP. The maximum absolute atomic E-state index is 6.12. The Morgan fingerprint density at radius 3 is 1.92 bits per heavy atom. The molecule has 0 spiro atoms. The standard InChI is InChI=1S/C8H18Cl2NP.Ni/c1-11(2)7(9)5-6-8(10)12(3)4;/h7-8H,5-6H2,1-4H3;. The second-order valence-electron chi connectivity index (χ2n) is 3.37. The van der Waals surface area contributed by atoms with Crippen molar-refractivity contribution in [1.29, 1.82) is 0 Å². The van der Waals surface area contributed by atoms with Crippen LogP contribution in [-0.4, -0.2) is 42.9 Å². The summed E-state index contributed by atoms with van der Waals surface area (Å²) in [7, 11) is 3.95. The molecule has 0 rings (SSSR count). The zero-order chi connectivity index (χ0) is 9.72. The second-order valence-corrected chi connectivity index (χ2v) is 7.26. The quantitative estimate of drug-likeness (QED) is 0.325. The predicted molar refractivity (Wildman–Crippen MR) is 61.0 cm³/mol. The third-order valence-electron chi connectivity index (χ3n) is 1.76. The fourth-order valence-electron chi connectivity index (χ4n) is 0.791. The molecule has 0 N–H and O–H groups in total. The van der Waals surface area contributed by atoms with E-state index in [4.69, 9.17) is 23.2 Å². The zero-order valence-electron chi connectivity index (χ0n) is 8.54. The van der Waals surface area contributed by atoms with Gasteiger partial charge in [0.2, 0.25) is 0 Å². The normalized spacial score (nSPS) is 15.7. The van der Waals surface area contributed by atoms with Crippen LogP contribution in [0.25, 0.3) is 0 Å². The van der Waals surface area contributed by atoms with Crippen molar-refractivity contribution in [1.82, 2.24) is 4.90 Å². The summed E-state index contributed by atoms with van der Waals surface area (Å²) in [4.78, 5) is 2.01. The smallest absolute Gasteiger partial charge is 0.0846 e. The SMILES string of the molecule is CN(C)C(Cl)CCC(Cl)P(C)C.[Ni]. The number of hydrogen-bond donors (Lipinski definition) is 0. The first kappa shape index (κ1) is 16.9. The van der Waals surface area contributed by atoms with E-state index in [0.717, 1.165) is 12.8 Å². The average molecular weight is 289 g/mol. The first-order valence-corrected chi connectivity index (χ1v) is 7.24. The molecule has 0 saturated carbocycles. The van der Waals surface area contributed by atoms with Crippen LogP contribution < -0.4 is 0 Å². The Hall–Kier alpha value is 1.46. The number of hydrogen-bond acceptors (Lipinski definition) is 1. The first-order valence-electron chi connectivity index (χ1n) is 4.06. The maximum Gasteiger partial charge on any atom is 0.0846 e. The molecular weight excluding hydrogens is 271 g/mol. The maximum atomic E-state index is 6.12.